The Labute approximate surface area is 73.1 Å². The van der Waals surface area contributed by atoms with Crippen molar-refractivity contribution in [3.63, 3.8) is 0 Å². The fraction of sp³-hybridized carbons (Fsp3) is 0. The minimum Gasteiger partial charge on any atom is -0.493 e. The SMILES string of the molecule is Oc1cc(O)nc(-n2cccn2)n1. The molecule has 0 saturated heterocycles. The van der Waals surface area contributed by atoms with Gasteiger partial charge < -0.3 is 10.2 Å². The summed E-state index contributed by atoms with van der Waals surface area (Å²) in [4.78, 5) is 7.32. The third kappa shape index (κ3) is 1.41. The molecule has 6 nitrogen and oxygen atoms in total. The van der Waals surface area contributed by atoms with Gasteiger partial charge in [-0.3, -0.25) is 0 Å². The Balaban J connectivity index is 2.53. The third-order valence-corrected chi connectivity index (χ3v) is 1.40. The minimum absolute atomic E-state index is 0.127. The van der Waals surface area contributed by atoms with Gasteiger partial charge in [-0.05, 0) is 6.07 Å². The van der Waals surface area contributed by atoms with E-state index in [-0.39, 0.29) is 17.7 Å². The number of aromatic hydroxyl groups is 2. The fourth-order valence-corrected chi connectivity index (χ4v) is 0.900. The summed E-state index contributed by atoms with van der Waals surface area (Å²) in [6.45, 7) is 0. The van der Waals surface area contributed by atoms with Gasteiger partial charge >= 0.3 is 0 Å². The average molecular weight is 178 g/mol. The van der Waals surface area contributed by atoms with E-state index in [9.17, 15) is 0 Å². The predicted molar refractivity (Wildman–Crippen MR) is 42.5 cm³/mol. The molecule has 2 rings (SSSR count). The van der Waals surface area contributed by atoms with Gasteiger partial charge in [-0.2, -0.15) is 15.1 Å². The zero-order valence-corrected chi connectivity index (χ0v) is 6.49. The van der Waals surface area contributed by atoms with Crippen molar-refractivity contribution < 1.29 is 10.2 Å². The van der Waals surface area contributed by atoms with E-state index in [4.69, 9.17) is 10.2 Å². The van der Waals surface area contributed by atoms with Crippen LogP contribution in [0.25, 0.3) is 5.95 Å². The van der Waals surface area contributed by atoms with Crippen molar-refractivity contribution in [2.45, 2.75) is 0 Å². The molecule has 0 aliphatic rings. The Morgan fingerprint density at radius 2 is 1.85 bits per heavy atom. The number of hydrogen-bond donors (Lipinski definition) is 2. The lowest BCUT2D eigenvalue weighted by Crippen LogP contribution is -2.00. The number of hydrogen-bond acceptors (Lipinski definition) is 5. The summed E-state index contributed by atoms with van der Waals surface area (Å²) in [7, 11) is 0. The van der Waals surface area contributed by atoms with Crippen molar-refractivity contribution >= 4 is 0 Å². The number of rotatable bonds is 1. The molecule has 0 fully saturated rings. The van der Waals surface area contributed by atoms with Crippen LogP contribution >= 0.6 is 0 Å². The highest BCUT2D eigenvalue weighted by Gasteiger charge is 2.03. The Hall–Kier alpha value is -2.11. The Morgan fingerprint density at radius 3 is 2.38 bits per heavy atom. The topological polar surface area (TPSA) is 84.1 Å². The van der Waals surface area contributed by atoms with Crippen LogP contribution in [0.5, 0.6) is 11.8 Å². The first-order chi connectivity index (χ1) is 6.25. The van der Waals surface area contributed by atoms with Crippen LogP contribution in [0.1, 0.15) is 0 Å². The van der Waals surface area contributed by atoms with Crippen LogP contribution in [0.4, 0.5) is 0 Å². The molecule has 2 heterocycles. The molecule has 66 valence electrons. The van der Waals surface area contributed by atoms with Gasteiger partial charge in [0.1, 0.15) is 0 Å². The predicted octanol–water partition coefficient (Wildman–Crippen LogP) is 0.0735. The van der Waals surface area contributed by atoms with Gasteiger partial charge in [-0.1, -0.05) is 0 Å². The molecule has 6 heteroatoms. The third-order valence-electron chi connectivity index (χ3n) is 1.40. The molecule has 0 bridgehead atoms. The number of aromatic nitrogens is 4. The molecule has 0 amide bonds. The zero-order valence-electron chi connectivity index (χ0n) is 6.49. The molecule has 0 aromatic carbocycles. The first-order valence-electron chi connectivity index (χ1n) is 3.53. The molecule has 2 aromatic rings. The molecule has 0 radical (unpaired) electrons. The second-order valence-corrected chi connectivity index (χ2v) is 2.33. The van der Waals surface area contributed by atoms with Crippen molar-refractivity contribution in [1.29, 1.82) is 0 Å². The quantitative estimate of drug-likeness (QED) is 0.645. The maximum Gasteiger partial charge on any atom is 0.257 e. The molecule has 0 spiro atoms. The van der Waals surface area contributed by atoms with E-state index in [0.29, 0.717) is 0 Å². The molecular weight excluding hydrogens is 172 g/mol. The van der Waals surface area contributed by atoms with E-state index in [1.54, 1.807) is 18.5 Å². The monoisotopic (exact) mass is 178 g/mol. The summed E-state index contributed by atoms with van der Waals surface area (Å²) >= 11 is 0. The van der Waals surface area contributed by atoms with Gasteiger partial charge in [0.05, 0.1) is 6.07 Å². The van der Waals surface area contributed by atoms with Crippen LogP contribution in [-0.2, 0) is 0 Å². The Morgan fingerprint density at radius 1 is 1.15 bits per heavy atom. The van der Waals surface area contributed by atoms with Crippen molar-refractivity contribution in [2.24, 2.45) is 0 Å². The van der Waals surface area contributed by atoms with E-state index in [1.807, 2.05) is 0 Å². The van der Waals surface area contributed by atoms with Gasteiger partial charge in [-0.15, -0.1) is 0 Å². The standard InChI is InChI=1S/C7H6N4O2/c12-5-4-6(13)10-7(9-5)11-3-1-2-8-11/h1-4H,(H2,9,10,12,13). The van der Waals surface area contributed by atoms with Gasteiger partial charge in [0.15, 0.2) is 0 Å². The minimum atomic E-state index is -0.294. The zero-order chi connectivity index (χ0) is 9.26. The van der Waals surface area contributed by atoms with E-state index in [0.717, 1.165) is 6.07 Å². The highest BCUT2D eigenvalue weighted by atomic mass is 16.3. The molecular formula is C7H6N4O2. The van der Waals surface area contributed by atoms with Crippen LogP contribution in [0, 0.1) is 0 Å². The van der Waals surface area contributed by atoms with Gasteiger partial charge in [0.25, 0.3) is 5.95 Å². The average Bonchev–Trinajstić information content (AvgIpc) is 2.53. The largest absolute Gasteiger partial charge is 0.493 e. The molecule has 0 aliphatic carbocycles. The molecule has 0 aliphatic heterocycles. The second-order valence-electron chi connectivity index (χ2n) is 2.33. The summed E-state index contributed by atoms with van der Waals surface area (Å²) in [5, 5.41) is 21.9. The summed E-state index contributed by atoms with van der Waals surface area (Å²) in [5.41, 5.74) is 0. The van der Waals surface area contributed by atoms with E-state index < -0.39 is 0 Å². The molecule has 2 aromatic heterocycles. The molecule has 0 unspecified atom stereocenters. The summed E-state index contributed by atoms with van der Waals surface area (Å²) in [5.74, 6) is -0.460. The van der Waals surface area contributed by atoms with Crippen LogP contribution < -0.4 is 0 Å². The van der Waals surface area contributed by atoms with Crippen LogP contribution in [0.15, 0.2) is 24.5 Å². The maximum absolute atomic E-state index is 9.04. The lowest BCUT2D eigenvalue weighted by atomic mass is 10.6. The van der Waals surface area contributed by atoms with Crippen molar-refractivity contribution in [1.82, 2.24) is 19.7 Å². The lowest BCUT2D eigenvalue weighted by Gasteiger charge is -1.99. The molecule has 0 saturated carbocycles. The highest BCUT2D eigenvalue weighted by molar-refractivity contribution is 5.24. The van der Waals surface area contributed by atoms with Crippen LogP contribution in [0.2, 0.25) is 0 Å². The second kappa shape index (κ2) is 2.74. The van der Waals surface area contributed by atoms with Gasteiger partial charge in [0.2, 0.25) is 11.8 Å². The maximum atomic E-state index is 9.04. The van der Waals surface area contributed by atoms with E-state index >= 15 is 0 Å². The summed E-state index contributed by atoms with van der Waals surface area (Å²) < 4.78 is 1.33. The highest BCUT2D eigenvalue weighted by Crippen LogP contribution is 2.13. The number of nitrogens with zero attached hydrogens (tertiary/aromatic N) is 4. The molecule has 2 N–H and O–H groups in total. The summed E-state index contributed by atoms with van der Waals surface area (Å²) in [6, 6.07) is 2.73. The smallest absolute Gasteiger partial charge is 0.257 e. The van der Waals surface area contributed by atoms with Crippen LogP contribution in [-0.4, -0.2) is 30.0 Å². The summed E-state index contributed by atoms with van der Waals surface area (Å²) in [6.07, 6.45) is 3.15. The molecule has 13 heavy (non-hydrogen) atoms. The van der Waals surface area contributed by atoms with Crippen molar-refractivity contribution in [3.05, 3.63) is 24.5 Å². The Bertz CT molecular complexity index is 392. The first kappa shape index (κ1) is 7.53. The van der Waals surface area contributed by atoms with Gasteiger partial charge in [0, 0.05) is 12.4 Å². The normalized spacial score (nSPS) is 10.2. The molecule has 0 atom stereocenters. The van der Waals surface area contributed by atoms with E-state index in [2.05, 4.69) is 15.1 Å². The first-order valence-corrected chi connectivity index (χ1v) is 3.53. The Kier molecular flexibility index (Phi) is 1.59. The van der Waals surface area contributed by atoms with Crippen molar-refractivity contribution in [3.8, 4) is 17.7 Å². The van der Waals surface area contributed by atoms with Crippen LogP contribution in [0.3, 0.4) is 0 Å². The van der Waals surface area contributed by atoms with Gasteiger partial charge in [-0.25, -0.2) is 4.68 Å². The van der Waals surface area contributed by atoms with Crippen molar-refractivity contribution in [2.75, 3.05) is 0 Å². The lowest BCUT2D eigenvalue weighted by molar-refractivity contribution is 0.418. The fourth-order valence-electron chi connectivity index (χ4n) is 0.900. The van der Waals surface area contributed by atoms with E-state index in [1.165, 1.54) is 4.68 Å².